The number of likely N-dealkylation sites (N-methyl/N-ethyl adjacent to an activating group) is 1. The van der Waals surface area contributed by atoms with Crippen molar-refractivity contribution in [3.05, 3.63) is 54.7 Å². The number of rotatable bonds is 3. The van der Waals surface area contributed by atoms with Crippen molar-refractivity contribution in [1.82, 2.24) is 24.6 Å². The average molecular weight is 352 g/mol. The Labute approximate surface area is 151 Å². The van der Waals surface area contributed by atoms with E-state index in [0.29, 0.717) is 0 Å². The van der Waals surface area contributed by atoms with E-state index in [9.17, 15) is 4.39 Å². The van der Waals surface area contributed by atoms with Crippen LogP contribution in [0.15, 0.2) is 48.9 Å². The van der Waals surface area contributed by atoms with Crippen LogP contribution in [0.4, 0.5) is 10.3 Å². The molecule has 134 valence electrons. The third-order valence-corrected chi connectivity index (χ3v) is 4.61. The lowest BCUT2D eigenvalue weighted by atomic mass is 10.2. The van der Waals surface area contributed by atoms with Gasteiger partial charge in [-0.1, -0.05) is 0 Å². The first-order chi connectivity index (χ1) is 12.7. The maximum atomic E-state index is 13.1. The molecule has 0 radical (unpaired) electrons. The van der Waals surface area contributed by atoms with Gasteiger partial charge in [-0.25, -0.2) is 19.0 Å². The second-order valence-corrected chi connectivity index (χ2v) is 6.54. The maximum Gasteiger partial charge on any atom is 0.225 e. The number of halogens is 1. The molecule has 0 saturated carbocycles. The van der Waals surface area contributed by atoms with Crippen LogP contribution >= 0.6 is 0 Å². The topological polar surface area (TPSA) is 50.1 Å². The van der Waals surface area contributed by atoms with Gasteiger partial charge in [0.25, 0.3) is 0 Å². The molecule has 1 aliphatic heterocycles. The van der Waals surface area contributed by atoms with E-state index in [0.717, 1.165) is 55.5 Å². The van der Waals surface area contributed by atoms with E-state index in [-0.39, 0.29) is 5.82 Å². The summed E-state index contributed by atoms with van der Waals surface area (Å²) in [5.41, 5.74) is 2.55. The summed E-state index contributed by atoms with van der Waals surface area (Å²) in [6, 6.07) is 8.14. The van der Waals surface area contributed by atoms with Crippen molar-refractivity contribution in [2.75, 3.05) is 38.1 Å². The van der Waals surface area contributed by atoms with Crippen molar-refractivity contribution in [1.29, 1.82) is 0 Å². The molecule has 0 amide bonds. The largest absolute Gasteiger partial charge is 0.339 e. The molecular formula is C19H21FN6. The first-order valence-corrected chi connectivity index (χ1v) is 8.76. The van der Waals surface area contributed by atoms with Gasteiger partial charge in [0.1, 0.15) is 5.82 Å². The van der Waals surface area contributed by atoms with Gasteiger partial charge in [-0.05, 0) is 50.3 Å². The van der Waals surface area contributed by atoms with E-state index in [1.807, 2.05) is 12.3 Å². The van der Waals surface area contributed by atoms with E-state index < -0.39 is 0 Å². The lowest BCUT2D eigenvalue weighted by molar-refractivity contribution is 0.360. The molecule has 26 heavy (non-hydrogen) atoms. The summed E-state index contributed by atoms with van der Waals surface area (Å²) in [6.45, 7) is 3.99. The lowest BCUT2D eigenvalue weighted by Gasteiger charge is -2.20. The molecular weight excluding hydrogens is 331 g/mol. The summed E-state index contributed by atoms with van der Waals surface area (Å²) >= 11 is 0. The van der Waals surface area contributed by atoms with Crippen molar-refractivity contribution in [3.8, 4) is 16.9 Å². The molecule has 7 heteroatoms. The summed E-state index contributed by atoms with van der Waals surface area (Å²) in [7, 11) is 2.14. The third-order valence-electron chi connectivity index (χ3n) is 4.61. The van der Waals surface area contributed by atoms with Gasteiger partial charge in [0.05, 0.1) is 17.6 Å². The van der Waals surface area contributed by atoms with Gasteiger partial charge in [-0.2, -0.15) is 5.10 Å². The zero-order valence-corrected chi connectivity index (χ0v) is 14.7. The molecule has 2 aromatic heterocycles. The van der Waals surface area contributed by atoms with Crippen molar-refractivity contribution in [3.63, 3.8) is 0 Å². The molecule has 1 aliphatic rings. The first kappa shape index (κ1) is 16.7. The molecule has 0 N–H and O–H groups in total. The van der Waals surface area contributed by atoms with Crippen LogP contribution in [0.2, 0.25) is 0 Å². The molecule has 1 saturated heterocycles. The van der Waals surface area contributed by atoms with Crippen LogP contribution in [0.25, 0.3) is 16.9 Å². The standard InChI is InChI=1S/C19H21FN6/c1-24-9-2-10-25(12-11-24)19-21-8-7-18(23-19)15-13-22-26(14-15)17-5-3-16(20)4-6-17/h3-8,13-14H,2,9-12H2,1H3. The smallest absolute Gasteiger partial charge is 0.225 e. The molecule has 6 nitrogen and oxygen atoms in total. The summed E-state index contributed by atoms with van der Waals surface area (Å²) in [4.78, 5) is 13.8. The minimum absolute atomic E-state index is 0.260. The van der Waals surface area contributed by atoms with Crippen molar-refractivity contribution < 1.29 is 4.39 Å². The van der Waals surface area contributed by atoms with Crippen molar-refractivity contribution in [2.24, 2.45) is 0 Å². The molecule has 1 aromatic carbocycles. The Morgan fingerprint density at radius 3 is 2.69 bits per heavy atom. The monoisotopic (exact) mass is 352 g/mol. The fourth-order valence-corrected chi connectivity index (χ4v) is 3.10. The molecule has 0 atom stereocenters. The van der Waals surface area contributed by atoms with Crippen LogP contribution in [0.3, 0.4) is 0 Å². The highest BCUT2D eigenvalue weighted by molar-refractivity contribution is 5.59. The number of hydrogen-bond donors (Lipinski definition) is 0. The molecule has 1 fully saturated rings. The molecule has 0 spiro atoms. The number of benzene rings is 1. The highest BCUT2D eigenvalue weighted by atomic mass is 19.1. The summed E-state index contributed by atoms with van der Waals surface area (Å²) in [5, 5.41) is 4.37. The van der Waals surface area contributed by atoms with Crippen LogP contribution in [0, 0.1) is 5.82 Å². The predicted molar refractivity (Wildman–Crippen MR) is 98.9 cm³/mol. The van der Waals surface area contributed by atoms with Gasteiger partial charge in [0.15, 0.2) is 0 Å². The number of hydrogen-bond acceptors (Lipinski definition) is 5. The molecule has 3 aromatic rings. The zero-order chi connectivity index (χ0) is 17.9. The lowest BCUT2D eigenvalue weighted by Crippen LogP contribution is -2.30. The summed E-state index contributed by atoms with van der Waals surface area (Å²) < 4.78 is 14.8. The van der Waals surface area contributed by atoms with Crippen molar-refractivity contribution in [2.45, 2.75) is 6.42 Å². The second kappa shape index (κ2) is 7.21. The zero-order valence-electron chi connectivity index (χ0n) is 14.7. The molecule has 4 rings (SSSR count). The van der Waals surface area contributed by atoms with Gasteiger partial charge in [0.2, 0.25) is 5.95 Å². The van der Waals surface area contributed by atoms with Crippen LogP contribution in [-0.4, -0.2) is 57.9 Å². The van der Waals surface area contributed by atoms with E-state index in [4.69, 9.17) is 4.98 Å². The fourth-order valence-electron chi connectivity index (χ4n) is 3.10. The van der Waals surface area contributed by atoms with Gasteiger partial charge >= 0.3 is 0 Å². The maximum absolute atomic E-state index is 13.1. The van der Waals surface area contributed by atoms with Gasteiger partial charge in [-0.3, -0.25) is 0 Å². The Hall–Kier alpha value is -2.80. The second-order valence-electron chi connectivity index (χ2n) is 6.54. The van der Waals surface area contributed by atoms with Gasteiger partial charge in [0, 0.05) is 37.6 Å². The molecule has 0 bridgehead atoms. The summed E-state index contributed by atoms with van der Waals surface area (Å²) in [6.07, 6.45) is 6.56. The predicted octanol–water partition coefficient (Wildman–Crippen LogP) is 2.61. The highest BCUT2D eigenvalue weighted by Gasteiger charge is 2.15. The molecule has 0 unspecified atom stereocenters. The number of aromatic nitrogens is 4. The Morgan fingerprint density at radius 1 is 1.00 bits per heavy atom. The number of anilines is 1. The quantitative estimate of drug-likeness (QED) is 0.725. The summed E-state index contributed by atoms with van der Waals surface area (Å²) in [5.74, 6) is 0.497. The van der Waals surface area contributed by atoms with Crippen LogP contribution in [0.5, 0.6) is 0 Å². The average Bonchev–Trinajstić information content (AvgIpc) is 3.05. The highest BCUT2D eigenvalue weighted by Crippen LogP contribution is 2.20. The van der Waals surface area contributed by atoms with E-state index in [2.05, 4.69) is 26.9 Å². The fraction of sp³-hybridized carbons (Fsp3) is 0.316. The van der Waals surface area contributed by atoms with E-state index in [1.54, 1.807) is 29.2 Å². The SMILES string of the molecule is CN1CCCN(c2nccc(-c3cnn(-c4ccc(F)cc4)c3)n2)CC1. The Kier molecular flexibility index (Phi) is 4.62. The van der Waals surface area contributed by atoms with Crippen molar-refractivity contribution >= 4 is 5.95 Å². The molecule has 0 aliphatic carbocycles. The van der Waals surface area contributed by atoms with Gasteiger partial charge < -0.3 is 9.80 Å². The Balaban J connectivity index is 1.58. The molecule has 3 heterocycles. The van der Waals surface area contributed by atoms with Gasteiger partial charge in [-0.15, -0.1) is 0 Å². The normalized spacial score (nSPS) is 15.8. The van der Waals surface area contributed by atoms with Crippen LogP contribution < -0.4 is 4.90 Å². The first-order valence-electron chi connectivity index (χ1n) is 8.76. The number of nitrogens with zero attached hydrogens (tertiary/aromatic N) is 6. The third kappa shape index (κ3) is 3.57. The van der Waals surface area contributed by atoms with Crippen LogP contribution in [0.1, 0.15) is 6.42 Å². The van der Waals surface area contributed by atoms with Crippen LogP contribution in [-0.2, 0) is 0 Å². The Bertz CT molecular complexity index is 876. The Morgan fingerprint density at radius 2 is 1.85 bits per heavy atom. The van der Waals surface area contributed by atoms with E-state index >= 15 is 0 Å². The minimum Gasteiger partial charge on any atom is -0.339 e. The van der Waals surface area contributed by atoms with E-state index in [1.165, 1.54) is 12.1 Å². The minimum atomic E-state index is -0.260.